The number of hydrogen-bond donors (Lipinski definition) is 3. The van der Waals surface area contributed by atoms with Gasteiger partial charge in [-0.3, -0.25) is 37.3 Å². The normalized spacial score (nSPS) is 14.1. The number of aliphatic hydroxyl groups is 1. The lowest BCUT2D eigenvalue weighted by Crippen LogP contribution is -2.30. The van der Waals surface area contributed by atoms with Crippen LogP contribution >= 0.6 is 15.6 Å². The van der Waals surface area contributed by atoms with Gasteiger partial charge in [0.1, 0.15) is 19.3 Å². The van der Waals surface area contributed by atoms with Gasteiger partial charge >= 0.3 is 39.5 Å². The van der Waals surface area contributed by atoms with Crippen molar-refractivity contribution in [3.8, 4) is 0 Å². The fourth-order valence-corrected chi connectivity index (χ4v) is 12.5. The molecule has 0 heterocycles. The maximum absolute atomic E-state index is 13.0. The zero-order valence-corrected chi connectivity index (χ0v) is 60.9. The van der Waals surface area contributed by atoms with Crippen molar-refractivity contribution in [1.82, 2.24) is 0 Å². The van der Waals surface area contributed by atoms with E-state index < -0.39 is 97.5 Å². The number of carbonyl (C=O) groups is 4. The molecule has 17 nitrogen and oxygen atoms in total. The van der Waals surface area contributed by atoms with Gasteiger partial charge in [-0.2, -0.15) is 0 Å². The number of carbonyl (C=O) groups excluding carboxylic acids is 4. The van der Waals surface area contributed by atoms with Crippen LogP contribution in [0, 0.1) is 11.8 Å². The van der Waals surface area contributed by atoms with Gasteiger partial charge < -0.3 is 33.8 Å². The molecule has 0 rings (SSSR count). The Kier molecular flexibility index (Phi) is 62.7. The van der Waals surface area contributed by atoms with Crippen molar-refractivity contribution in [2.24, 2.45) is 11.8 Å². The predicted octanol–water partition coefficient (Wildman–Crippen LogP) is 20.8. The van der Waals surface area contributed by atoms with Crippen molar-refractivity contribution < 1.29 is 80.2 Å². The quantitative estimate of drug-likeness (QED) is 0.0222. The highest BCUT2D eigenvalue weighted by atomic mass is 31.2. The lowest BCUT2D eigenvalue weighted by atomic mass is 10.0. The van der Waals surface area contributed by atoms with Crippen LogP contribution in [0.1, 0.15) is 369 Å². The Hall–Kier alpha value is -1.94. The molecule has 2 unspecified atom stereocenters. The summed E-state index contributed by atoms with van der Waals surface area (Å²) in [6.45, 7) is 9.56. The standard InChI is InChI=1S/C72H140O17P2/c1-7-9-11-13-15-17-31-38-44-50-56-71(76)88-67(60-82-69(74)54-48-42-36-28-16-14-12-10-8-2)62-86-90(78,79)84-58-66(73)59-85-91(80,81)87-63-68(61-83-70(75)55-49-43-37-32-27-26-30-35-41-47-53-65(5)6)89-72(77)57-51-45-39-33-25-23-21-19-18-20-22-24-29-34-40-46-52-64(3)4/h64-68,73H,7-63H2,1-6H3,(H,78,79)(H,80,81)/t66-,67+,68+/m0/s1. The highest BCUT2D eigenvalue weighted by Gasteiger charge is 2.30. The zero-order valence-electron chi connectivity index (χ0n) is 59.1. The van der Waals surface area contributed by atoms with Gasteiger partial charge in [0.05, 0.1) is 26.4 Å². The van der Waals surface area contributed by atoms with E-state index in [1.807, 2.05) is 0 Å². The fourth-order valence-electron chi connectivity index (χ4n) is 10.9. The molecule has 3 N–H and O–H groups in total. The van der Waals surface area contributed by atoms with Crippen LogP contribution in [0.5, 0.6) is 0 Å². The third kappa shape index (κ3) is 66.5. The lowest BCUT2D eigenvalue weighted by molar-refractivity contribution is -0.161. The molecule has 0 radical (unpaired) electrons. The molecule has 19 heteroatoms. The number of rotatable bonds is 71. The van der Waals surface area contributed by atoms with Crippen molar-refractivity contribution in [2.45, 2.75) is 387 Å². The van der Waals surface area contributed by atoms with Crippen molar-refractivity contribution in [2.75, 3.05) is 39.6 Å². The van der Waals surface area contributed by atoms with Crippen LogP contribution in [0.2, 0.25) is 0 Å². The molecule has 0 fully saturated rings. The Morgan fingerprint density at radius 3 is 0.747 bits per heavy atom. The Morgan fingerprint density at radius 1 is 0.297 bits per heavy atom. The lowest BCUT2D eigenvalue weighted by Gasteiger charge is -2.21. The van der Waals surface area contributed by atoms with Gasteiger partial charge in [0, 0.05) is 25.7 Å². The van der Waals surface area contributed by atoms with E-state index in [2.05, 4.69) is 41.5 Å². The van der Waals surface area contributed by atoms with Crippen molar-refractivity contribution in [3.05, 3.63) is 0 Å². The average molecular weight is 1340 g/mol. The first-order valence-electron chi connectivity index (χ1n) is 37.5. The molecule has 0 aliphatic rings. The second-order valence-electron chi connectivity index (χ2n) is 26.9. The topological polar surface area (TPSA) is 237 Å². The maximum atomic E-state index is 13.0. The largest absolute Gasteiger partial charge is 0.472 e. The molecule has 0 spiro atoms. The highest BCUT2D eigenvalue weighted by molar-refractivity contribution is 7.47. The van der Waals surface area contributed by atoms with Crippen LogP contribution in [-0.4, -0.2) is 96.7 Å². The zero-order chi connectivity index (χ0) is 67.2. The van der Waals surface area contributed by atoms with E-state index in [4.69, 9.17) is 37.0 Å². The minimum Gasteiger partial charge on any atom is -0.462 e. The fraction of sp³-hybridized carbons (Fsp3) is 0.944. The SMILES string of the molecule is CCCCCCCCCCCCC(=O)O[C@H](COC(=O)CCCCCCCCCCC)COP(=O)(O)OC[C@H](O)COP(=O)(O)OC[C@@H](COC(=O)CCCCCCCCCCCCC(C)C)OC(=O)CCCCCCCCCCCCCCCCCCC(C)C. The Morgan fingerprint density at radius 2 is 0.505 bits per heavy atom. The van der Waals surface area contributed by atoms with Crippen LogP contribution in [0.25, 0.3) is 0 Å². The van der Waals surface area contributed by atoms with E-state index >= 15 is 0 Å². The summed E-state index contributed by atoms with van der Waals surface area (Å²) in [5.41, 5.74) is 0. The molecule has 0 aliphatic carbocycles. The molecule has 0 aliphatic heterocycles. The molecule has 0 saturated carbocycles. The first-order valence-corrected chi connectivity index (χ1v) is 40.5. The predicted molar refractivity (Wildman–Crippen MR) is 368 cm³/mol. The third-order valence-corrected chi connectivity index (χ3v) is 18.6. The number of aliphatic hydroxyl groups excluding tert-OH is 1. The molecule has 5 atom stereocenters. The average Bonchev–Trinajstić information content (AvgIpc) is 2.22. The summed E-state index contributed by atoms with van der Waals surface area (Å²) in [6, 6.07) is 0. The van der Waals surface area contributed by atoms with Crippen LogP contribution in [0.15, 0.2) is 0 Å². The summed E-state index contributed by atoms with van der Waals surface area (Å²) in [5, 5.41) is 10.6. The monoisotopic (exact) mass is 1340 g/mol. The number of unbranched alkanes of at least 4 members (excludes halogenated alkanes) is 41. The number of hydrogen-bond acceptors (Lipinski definition) is 15. The Balaban J connectivity index is 5.20. The maximum Gasteiger partial charge on any atom is 0.472 e. The summed E-state index contributed by atoms with van der Waals surface area (Å²) < 4.78 is 68.3. The number of ether oxygens (including phenoxy) is 4. The van der Waals surface area contributed by atoms with Gasteiger partial charge in [-0.25, -0.2) is 9.13 Å². The molecular formula is C72H140O17P2. The first-order chi connectivity index (χ1) is 43.9. The second kappa shape index (κ2) is 64.1. The van der Waals surface area contributed by atoms with Crippen molar-refractivity contribution in [1.29, 1.82) is 0 Å². The van der Waals surface area contributed by atoms with Crippen molar-refractivity contribution >= 4 is 39.5 Å². The van der Waals surface area contributed by atoms with Crippen molar-refractivity contribution in [3.63, 3.8) is 0 Å². The molecule has 0 aromatic carbocycles. The molecule has 0 saturated heterocycles. The summed E-state index contributed by atoms with van der Waals surface area (Å²) >= 11 is 0. The molecular weight excluding hydrogens is 1200 g/mol. The summed E-state index contributed by atoms with van der Waals surface area (Å²) in [4.78, 5) is 72.5. The minimum absolute atomic E-state index is 0.106. The summed E-state index contributed by atoms with van der Waals surface area (Å²) in [7, 11) is -9.90. The highest BCUT2D eigenvalue weighted by Crippen LogP contribution is 2.45. The molecule has 0 aromatic rings. The number of phosphoric acid groups is 2. The van der Waals surface area contributed by atoms with Crippen LogP contribution in [-0.2, 0) is 65.4 Å². The molecule has 0 bridgehead atoms. The van der Waals surface area contributed by atoms with Gasteiger partial charge in [-0.1, -0.05) is 318 Å². The molecule has 91 heavy (non-hydrogen) atoms. The molecule has 0 amide bonds. The van der Waals surface area contributed by atoms with Crippen LogP contribution in [0.4, 0.5) is 0 Å². The Bertz CT molecular complexity index is 1770. The van der Waals surface area contributed by atoms with E-state index in [-0.39, 0.29) is 25.7 Å². The minimum atomic E-state index is -4.95. The van der Waals surface area contributed by atoms with Gasteiger partial charge in [-0.05, 0) is 37.5 Å². The van der Waals surface area contributed by atoms with E-state index in [1.165, 1.54) is 186 Å². The van der Waals surface area contributed by atoms with Gasteiger partial charge in [-0.15, -0.1) is 0 Å². The molecule has 540 valence electrons. The number of esters is 4. The summed E-state index contributed by atoms with van der Waals surface area (Å²) in [6.07, 6.45) is 49.9. The number of phosphoric ester groups is 2. The Labute approximate surface area is 556 Å². The summed E-state index contributed by atoms with van der Waals surface area (Å²) in [5.74, 6) is -0.555. The molecule has 0 aromatic heterocycles. The second-order valence-corrected chi connectivity index (χ2v) is 29.8. The smallest absolute Gasteiger partial charge is 0.462 e. The third-order valence-electron chi connectivity index (χ3n) is 16.7. The van der Waals surface area contributed by atoms with E-state index in [9.17, 15) is 43.2 Å². The van der Waals surface area contributed by atoms with E-state index in [1.54, 1.807) is 0 Å². The van der Waals surface area contributed by atoms with Gasteiger partial charge in [0.2, 0.25) is 0 Å². The van der Waals surface area contributed by atoms with Crippen LogP contribution < -0.4 is 0 Å². The first kappa shape index (κ1) is 89.1. The van der Waals surface area contributed by atoms with E-state index in [0.717, 1.165) is 102 Å². The van der Waals surface area contributed by atoms with Gasteiger partial charge in [0.15, 0.2) is 12.2 Å². The van der Waals surface area contributed by atoms with E-state index in [0.29, 0.717) is 25.7 Å². The van der Waals surface area contributed by atoms with Gasteiger partial charge in [0.25, 0.3) is 0 Å². The van der Waals surface area contributed by atoms with Crippen LogP contribution in [0.3, 0.4) is 0 Å².